The molecule has 0 spiro atoms. The molecule has 1 N–H and O–H groups in total. The molecule has 0 radical (unpaired) electrons. The molecule has 1 aliphatic rings. The Hall–Kier alpha value is -3.50. The number of hydrogen-bond donors (Lipinski definition) is 1. The molecule has 6 nitrogen and oxygen atoms in total. The van der Waals surface area contributed by atoms with Crippen molar-refractivity contribution >= 4 is 20.9 Å². The maximum absolute atomic E-state index is 12.9. The second-order valence-electron chi connectivity index (χ2n) is 9.80. The fraction of sp³-hybridized carbons (Fsp3) is 0.310. The Bertz CT molecular complexity index is 1480. The largest absolute Gasteiger partial charge is 0.534 e. The first-order valence-electron chi connectivity index (χ1n) is 12.8. The van der Waals surface area contributed by atoms with Crippen molar-refractivity contribution in [3.63, 3.8) is 0 Å². The Morgan fingerprint density at radius 3 is 2.05 bits per heavy atom. The van der Waals surface area contributed by atoms with E-state index < -0.39 is 21.4 Å². The zero-order valence-electron chi connectivity index (χ0n) is 21.1. The predicted octanol–water partition coefficient (Wildman–Crippen LogP) is 6.43. The number of alkyl halides is 3. The first-order chi connectivity index (χ1) is 18.6. The van der Waals surface area contributed by atoms with Crippen molar-refractivity contribution < 1.29 is 30.9 Å². The van der Waals surface area contributed by atoms with Gasteiger partial charge in [-0.15, -0.1) is 0 Å². The molecule has 10 heteroatoms. The van der Waals surface area contributed by atoms with Crippen LogP contribution < -0.4 is 4.18 Å². The van der Waals surface area contributed by atoms with Crippen molar-refractivity contribution in [3.05, 3.63) is 96.2 Å². The normalized spacial score (nSPS) is 15.7. The number of hydrogen-bond acceptors (Lipinski definition) is 5. The molecule has 1 aliphatic heterocycles. The molecule has 0 unspecified atom stereocenters. The molecule has 3 aromatic carbocycles. The number of fused-ring (bicyclic) bond motifs is 1. The van der Waals surface area contributed by atoms with E-state index in [1.165, 1.54) is 17.2 Å². The SMILES string of the molecule is O=S(=O)(Oc1cccc2cn(C3CCN(CCC(c4ccccc4)c4ccccc4)CC3)c(O)c12)C(F)(F)F. The third-order valence-electron chi connectivity index (χ3n) is 7.38. The minimum Gasteiger partial charge on any atom is -0.494 e. The second-order valence-corrected chi connectivity index (χ2v) is 11.3. The van der Waals surface area contributed by atoms with Crippen LogP contribution in [0.2, 0.25) is 0 Å². The van der Waals surface area contributed by atoms with E-state index in [0.717, 1.165) is 45.0 Å². The molecule has 4 aromatic rings. The summed E-state index contributed by atoms with van der Waals surface area (Å²) in [5, 5.41) is 11.3. The molecule has 1 aromatic heterocycles. The highest BCUT2D eigenvalue weighted by molar-refractivity contribution is 7.88. The predicted molar refractivity (Wildman–Crippen MR) is 143 cm³/mol. The van der Waals surface area contributed by atoms with Gasteiger partial charge in [0, 0.05) is 36.6 Å². The van der Waals surface area contributed by atoms with E-state index in [-0.39, 0.29) is 23.2 Å². The van der Waals surface area contributed by atoms with Crippen LogP contribution in [0.5, 0.6) is 11.6 Å². The molecule has 1 fully saturated rings. The average Bonchev–Trinajstić information content (AvgIpc) is 3.27. The Labute approximate surface area is 225 Å². The summed E-state index contributed by atoms with van der Waals surface area (Å²) in [6, 6.07) is 24.9. The van der Waals surface area contributed by atoms with Crippen molar-refractivity contribution in [1.82, 2.24) is 9.47 Å². The van der Waals surface area contributed by atoms with Gasteiger partial charge in [0.1, 0.15) is 0 Å². The van der Waals surface area contributed by atoms with Gasteiger partial charge in [0.05, 0.1) is 5.39 Å². The molecule has 1 saturated heterocycles. The molecule has 5 rings (SSSR count). The van der Waals surface area contributed by atoms with E-state index in [4.69, 9.17) is 0 Å². The van der Waals surface area contributed by atoms with Gasteiger partial charge in [0.25, 0.3) is 0 Å². The van der Waals surface area contributed by atoms with E-state index in [9.17, 15) is 26.7 Å². The van der Waals surface area contributed by atoms with E-state index in [2.05, 4.69) is 57.6 Å². The first kappa shape index (κ1) is 27.1. The van der Waals surface area contributed by atoms with E-state index in [0.29, 0.717) is 5.39 Å². The average molecular weight is 559 g/mol. The molecule has 39 heavy (non-hydrogen) atoms. The van der Waals surface area contributed by atoms with Gasteiger partial charge in [-0.2, -0.15) is 21.6 Å². The Balaban J connectivity index is 1.27. The summed E-state index contributed by atoms with van der Waals surface area (Å²) in [6.45, 7) is 2.48. The van der Waals surface area contributed by atoms with Crippen molar-refractivity contribution in [2.75, 3.05) is 19.6 Å². The van der Waals surface area contributed by atoms with E-state index >= 15 is 0 Å². The van der Waals surface area contributed by atoms with Gasteiger partial charge in [-0.05, 0) is 43.0 Å². The smallest absolute Gasteiger partial charge is 0.494 e. The number of aromatic hydroxyl groups is 1. The van der Waals surface area contributed by atoms with Gasteiger partial charge in [-0.3, -0.25) is 0 Å². The number of rotatable bonds is 8. The minimum absolute atomic E-state index is 0.0543. The number of nitrogens with zero attached hydrogens (tertiary/aromatic N) is 2. The lowest BCUT2D eigenvalue weighted by Gasteiger charge is -2.34. The van der Waals surface area contributed by atoms with E-state index in [1.807, 2.05) is 12.1 Å². The fourth-order valence-corrected chi connectivity index (χ4v) is 5.85. The summed E-state index contributed by atoms with van der Waals surface area (Å²) in [6.07, 6.45) is 4.05. The maximum atomic E-state index is 12.9. The van der Waals surface area contributed by atoms with Crippen LogP contribution in [0, 0.1) is 0 Å². The van der Waals surface area contributed by atoms with Crippen LogP contribution in [0.3, 0.4) is 0 Å². The molecule has 0 saturated carbocycles. The quantitative estimate of drug-likeness (QED) is 0.199. The van der Waals surface area contributed by atoms with Crippen LogP contribution in [0.4, 0.5) is 13.2 Å². The standard InChI is InChI=1S/C29H29F3N2O4S/c30-29(31,32)39(36,37)38-26-13-7-12-23-20-34(28(35)27(23)26)24-14-17-33(18-15-24)19-16-25(21-8-3-1-4-9-21)22-10-5-2-6-11-22/h1-13,20,24-25,35H,14-19H2. The highest BCUT2D eigenvalue weighted by atomic mass is 32.2. The van der Waals surface area contributed by atoms with Crippen molar-refractivity contribution in [3.8, 4) is 11.6 Å². The van der Waals surface area contributed by atoms with Gasteiger partial charge in [-0.1, -0.05) is 72.8 Å². The highest BCUT2D eigenvalue weighted by Gasteiger charge is 2.49. The van der Waals surface area contributed by atoms with Crippen LogP contribution in [0.25, 0.3) is 10.8 Å². The first-order valence-corrected chi connectivity index (χ1v) is 14.2. The number of likely N-dealkylation sites (tertiary alicyclic amines) is 1. The molecule has 0 atom stereocenters. The highest BCUT2D eigenvalue weighted by Crippen LogP contribution is 2.41. The lowest BCUT2D eigenvalue weighted by atomic mass is 9.88. The fourth-order valence-electron chi connectivity index (χ4n) is 5.38. The van der Waals surface area contributed by atoms with Gasteiger partial charge in [0.2, 0.25) is 5.88 Å². The summed E-state index contributed by atoms with van der Waals surface area (Å²) >= 11 is 0. The van der Waals surface area contributed by atoms with Crippen molar-refractivity contribution in [2.45, 2.75) is 36.7 Å². The third kappa shape index (κ3) is 5.77. The molecular weight excluding hydrogens is 529 g/mol. The topological polar surface area (TPSA) is 71.8 Å². The summed E-state index contributed by atoms with van der Waals surface area (Å²) in [7, 11) is -5.86. The lowest BCUT2D eigenvalue weighted by molar-refractivity contribution is -0.0499. The number of aromatic nitrogens is 1. The summed E-state index contributed by atoms with van der Waals surface area (Å²) in [5.74, 6) is -0.577. The molecule has 0 bridgehead atoms. The van der Waals surface area contributed by atoms with Gasteiger partial charge >= 0.3 is 15.6 Å². The van der Waals surface area contributed by atoms with Crippen molar-refractivity contribution in [1.29, 1.82) is 0 Å². The second kappa shape index (κ2) is 10.9. The van der Waals surface area contributed by atoms with Crippen LogP contribution in [0.15, 0.2) is 85.1 Å². The van der Waals surface area contributed by atoms with Gasteiger partial charge < -0.3 is 18.8 Å². The Morgan fingerprint density at radius 2 is 1.49 bits per heavy atom. The third-order valence-corrected chi connectivity index (χ3v) is 8.34. The minimum atomic E-state index is -5.86. The number of benzene rings is 3. The van der Waals surface area contributed by atoms with Crippen LogP contribution in [-0.2, 0) is 10.1 Å². The van der Waals surface area contributed by atoms with Gasteiger partial charge in [-0.25, -0.2) is 0 Å². The molecule has 0 amide bonds. The number of halogens is 3. The molecule has 0 aliphatic carbocycles. The van der Waals surface area contributed by atoms with Crippen LogP contribution >= 0.6 is 0 Å². The Morgan fingerprint density at radius 1 is 0.897 bits per heavy atom. The monoisotopic (exact) mass is 558 g/mol. The summed E-state index contributed by atoms with van der Waals surface area (Å²) in [4.78, 5) is 2.39. The van der Waals surface area contributed by atoms with E-state index in [1.54, 1.807) is 16.8 Å². The molecular formula is C29H29F3N2O4S. The maximum Gasteiger partial charge on any atom is 0.534 e. The van der Waals surface area contributed by atoms with Gasteiger partial charge in [0.15, 0.2) is 5.75 Å². The molecule has 2 heterocycles. The zero-order valence-corrected chi connectivity index (χ0v) is 21.9. The Kier molecular flexibility index (Phi) is 7.59. The van der Waals surface area contributed by atoms with Crippen molar-refractivity contribution in [2.24, 2.45) is 0 Å². The number of piperidine rings is 1. The zero-order chi connectivity index (χ0) is 27.6. The van der Waals surface area contributed by atoms with Crippen LogP contribution in [-0.4, -0.2) is 48.1 Å². The lowest BCUT2D eigenvalue weighted by Crippen LogP contribution is -2.35. The summed E-state index contributed by atoms with van der Waals surface area (Å²) in [5.41, 5.74) is -3.03. The summed E-state index contributed by atoms with van der Waals surface area (Å²) < 4.78 is 67.7. The van der Waals surface area contributed by atoms with Crippen LogP contribution in [0.1, 0.15) is 42.3 Å². The molecule has 206 valence electrons.